The summed E-state index contributed by atoms with van der Waals surface area (Å²) in [5.41, 5.74) is 35.4. The second-order valence-electron chi connectivity index (χ2n) is 39.2. The maximum atomic E-state index is 7.16. The Bertz CT molecular complexity index is 6130. The summed E-state index contributed by atoms with van der Waals surface area (Å²) in [4.78, 5) is 5.47. The van der Waals surface area contributed by atoms with Crippen LogP contribution in [0.1, 0.15) is 184 Å². The second kappa shape index (κ2) is 25.9. The summed E-state index contributed by atoms with van der Waals surface area (Å²) in [6, 6.07) is 102. The number of furan rings is 1. The number of rotatable bonds is 8. The Morgan fingerprint density at radius 2 is 0.649 bits per heavy atom. The molecular formula is C106H106BN3O. The van der Waals surface area contributed by atoms with Gasteiger partial charge in [0, 0.05) is 50.2 Å². The van der Waals surface area contributed by atoms with Crippen LogP contribution < -0.4 is 26.2 Å². The lowest BCUT2D eigenvalue weighted by molar-refractivity contribution is 0.568. The van der Waals surface area contributed by atoms with Crippen molar-refractivity contribution >= 4 is 101 Å². The van der Waals surface area contributed by atoms with Crippen molar-refractivity contribution in [2.75, 3.05) is 9.80 Å². The standard InChI is InChI=1S/C106H106BN3O/c1-100(2,3)74-44-40-65(41-45-74)72-58-90-96(83-36-28-30-38-87(83)108(90)81-34-26-23-27-35-81)91(59-72)109-88-56-67(69-50-75(101(4,5)6)62-76(51-69)102(7,8)9)42-47-85(88)107-86-48-43-68(70-52-77(103(10,11)12)63-78(53-70)104(13,14)15)57-89(86)110(99-82(66-32-24-22-25-33-66)46-49-95-97(99)84-37-29-31-39-94(84)111-95)93-61-73(60-92(109)98(93)107)71-54-79(105(16,17)18)64-80(55-71)106(19,20)21/h22-64H,1-21H3. The van der Waals surface area contributed by atoms with E-state index in [-0.39, 0.29) is 44.6 Å². The molecule has 111 heavy (non-hydrogen) atoms. The summed E-state index contributed by atoms with van der Waals surface area (Å²) < 4.78 is 9.68. The van der Waals surface area contributed by atoms with E-state index in [1.54, 1.807) is 0 Å². The smallest absolute Gasteiger partial charge is 0.252 e. The van der Waals surface area contributed by atoms with Crippen LogP contribution in [0.25, 0.3) is 105 Å². The van der Waals surface area contributed by atoms with E-state index in [0.29, 0.717) is 0 Å². The Kier molecular flexibility index (Phi) is 17.0. The van der Waals surface area contributed by atoms with E-state index >= 15 is 0 Å². The molecule has 0 fully saturated rings. The summed E-state index contributed by atoms with van der Waals surface area (Å²) in [5.74, 6) is 0. The van der Waals surface area contributed by atoms with Crippen LogP contribution in [0.15, 0.2) is 265 Å². The third kappa shape index (κ3) is 12.8. The Morgan fingerprint density at radius 1 is 0.252 bits per heavy atom. The van der Waals surface area contributed by atoms with Crippen molar-refractivity contribution in [2.24, 2.45) is 0 Å². The largest absolute Gasteiger partial charge is 0.456 e. The molecular weight excluding hydrogens is 1340 g/mol. The van der Waals surface area contributed by atoms with Crippen LogP contribution in [0.4, 0.5) is 34.1 Å². The van der Waals surface area contributed by atoms with Gasteiger partial charge in [0.2, 0.25) is 0 Å². The topological polar surface area (TPSA) is 24.6 Å². The maximum Gasteiger partial charge on any atom is 0.252 e. The van der Waals surface area contributed by atoms with Gasteiger partial charge in [-0.1, -0.05) is 333 Å². The summed E-state index contributed by atoms with van der Waals surface area (Å²) in [5, 5.41) is 4.50. The zero-order chi connectivity index (χ0) is 78.1. The molecule has 2 aliphatic heterocycles. The van der Waals surface area contributed by atoms with E-state index in [4.69, 9.17) is 4.42 Å². The van der Waals surface area contributed by atoms with Crippen LogP contribution in [-0.2, 0) is 37.9 Å². The number of fused-ring (bicyclic) bond motifs is 10. The average molecular weight is 1450 g/mol. The third-order valence-electron chi connectivity index (χ3n) is 24.0. The molecule has 0 atom stereocenters. The van der Waals surface area contributed by atoms with Gasteiger partial charge in [-0.2, -0.15) is 0 Å². The van der Waals surface area contributed by atoms with Gasteiger partial charge < -0.3 is 18.8 Å². The number of anilines is 6. The van der Waals surface area contributed by atoms with Crippen molar-refractivity contribution in [3.63, 3.8) is 0 Å². The fourth-order valence-corrected chi connectivity index (χ4v) is 17.3. The molecule has 0 radical (unpaired) electrons. The van der Waals surface area contributed by atoms with Gasteiger partial charge in [0.1, 0.15) is 11.2 Å². The fourth-order valence-electron chi connectivity index (χ4n) is 17.3. The van der Waals surface area contributed by atoms with Crippen molar-refractivity contribution in [1.82, 2.24) is 4.57 Å². The van der Waals surface area contributed by atoms with Crippen molar-refractivity contribution in [1.29, 1.82) is 0 Å². The van der Waals surface area contributed by atoms with Crippen LogP contribution in [0.5, 0.6) is 0 Å². The van der Waals surface area contributed by atoms with E-state index in [0.717, 1.165) is 101 Å². The van der Waals surface area contributed by atoms with E-state index in [9.17, 15) is 0 Å². The lowest BCUT2D eigenvalue weighted by atomic mass is 9.33. The molecule has 17 rings (SSSR count). The van der Waals surface area contributed by atoms with Crippen molar-refractivity contribution in [3.8, 4) is 61.3 Å². The zero-order valence-electron chi connectivity index (χ0n) is 69.2. The highest BCUT2D eigenvalue weighted by atomic mass is 16.3. The molecule has 0 bridgehead atoms. The van der Waals surface area contributed by atoms with Gasteiger partial charge in [0.15, 0.2) is 0 Å². The third-order valence-corrected chi connectivity index (χ3v) is 24.0. The minimum absolute atomic E-state index is 0.0391. The van der Waals surface area contributed by atoms with Crippen LogP contribution in [0, 0.1) is 0 Å². The summed E-state index contributed by atoms with van der Waals surface area (Å²) in [6.45, 7) is 49.2. The minimum Gasteiger partial charge on any atom is -0.456 e. The quantitative estimate of drug-likeness (QED) is 0.142. The molecule has 4 nitrogen and oxygen atoms in total. The van der Waals surface area contributed by atoms with E-state index in [1.807, 2.05) is 0 Å². The highest BCUT2D eigenvalue weighted by Gasteiger charge is 2.46. The molecule has 0 amide bonds. The fraction of sp³-hybridized carbons (Fsp3) is 0.264. The molecule has 4 heterocycles. The summed E-state index contributed by atoms with van der Waals surface area (Å²) in [7, 11) is 0. The highest BCUT2D eigenvalue weighted by Crippen LogP contribution is 2.55. The van der Waals surface area contributed by atoms with E-state index in [1.165, 1.54) is 93.9 Å². The molecule has 13 aromatic carbocycles. The molecule has 0 unspecified atom stereocenters. The molecule has 2 aliphatic rings. The molecule has 554 valence electrons. The summed E-state index contributed by atoms with van der Waals surface area (Å²) in [6.07, 6.45) is 0. The van der Waals surface area contributed by atoms with Gasteiger partial charge in [-0.3, -0.25) is 0 Å². The first kappa shape index (κ1) is 73.0. The zero-order valence-corrected chi connectivity index (χ0v) is 69.2. The first-order chi connectivity index (χ1) is 52.4. The van der Waals surface area contributed by atoms with Gasteiger partial charge >= 0.3 is 0 Å². The molecule has 0 spiro atoms. The van der Waals surface area contributed by atoms with E-state index in [2.05, 4.69) is 421 Å². The Labute approximate surface area is 659 Å². The molecule has 0 saturated carbocycles. The number of nitrogens with zero attached hydrogens (tertiary/aromatic N) is 3. The predicted octanol–water partition coefficient (Wildman–Crippen LogP) is 28.2. The number of hydrogen-bond donors (Lipinski definition) is 0. The normalized spacial score (nSPS) is 13.6. The number of aromatic nitrogens is 1. The van der Waals surface area contributed by atoms with Crippen molar-refractivity contribution < 1.29 is 4.42 Å². The first-order valence-electron chi connectivity index (χ1n) is 40.2. The molecule has 5 heteroatoms. The number of para-hydroxylation sites is 3. The number of benzene rings is 13. The van der Waals surface area contributed by atoms with Crippen molar-refractivity contribution in [2.45, 2.75) is 183 Å². The Balaban J connectivity index is 1.10. The monoisotopic (exact) mass is 1450 g/mol. The molecule has 15 aromatic rings. The van der Waals surface area contributed by atoms with E-state index < -0.39 is 0 Å². The van der Waals surface area contributed by atoms with Gasteiger partial charge in [-0.05, 0) is 216 Å². The van der Waals surface area contributed by atoms with Crippen LogP contribution >= 0.6 is 0 Å². The lowest BCUT2D eigenvalue weighted by Gasteiger charge is -2.45. The Hall–Kier alpha value is -10.9. The van der Waals surface area contributed by atoms with Crippen LogP contribution in [0.3, 0.4) is 0 Å². The van der Waals surface area contributed by atoms with Gasteiger partial charge in [-0.25, -0.2) is 0 Å². The van der Waals surface area contributed by atoms with Gasteiger partial charge in [-0.15, -0.1) is 0 Å². The van der Waals surface area contributed by atoms with Crippen LogP contribution in [-0.4, -0.2) is 11.3 Å². The average Bonchev–Trinajstić information content (AvgIpc) is 1.63. The minimum atomic E-state index is -0.262. The first-order valence-corrected chi connectivity index (χ1v) is 40.2. The number of hydrogen-bond acceptors (Lipinski definition) is 3. The SMILES string of the molecule is CC(C)(C)c1ccc(-c2cc(N3c4cc(-c5cc(C(C)(C)C)cc(C(C)(C)C)c5)ccc4B4c5ccc(-c6cc(C(C)(C)C)cc(C(C)(C)C)c6)cc5N(c5c(-c6ccccc6)ccc6oc7ccccc7c56)c5cc(-c6cc(C(C)(C)C)cc(C(C)(C)C)c6)cc3c54)c3c4ccccc4n(-c4ccccc4)c3c2)cc1. The molecule has 0 saturated heterocycles. The van der Waals surface area contributed by atoms with Crippen LogP contribution in [0.2, 0.25) is 0 Å². The lowest BCUT2D eigenvalue weighted by Crippen LogP contribution is -2.61. The molecule has 2 aromatic heterocycles. The summed E-state index contributed by atoms with van der Waals surface area (Å²) >= 11 is 0. The highest BCUT2D eigenvalue weighted by molar-refractivity contribution is 7.00. The molecule has 0 N–H and O–H groups in total. The van der Waals surface area contributed by atoms with Gasteiger partial charge in [0.25, 0.3) is 6.71 Å². The Morgan fingerprint density at radius 3 is 1.15 bits per heavy atom. The predicted molar refractivity (Wildman–Crippen MR) is 480 cm³/mol. The van der Waals surface area contributed by atoms with Gasteiger partial charge in [0.05, 0.1) is 27.8 Å². The molecule has 0 aliphatic carbocycles. The second-order valence-corrected chi connectivity index (χ2v) is 39.2. The maximum absolute atomic E-state index is 7.16. The van der Waals surface area contributed by atoms with Crippen molar-refractivity contribution in [3.05, 3.63) is 300 Å².